The molecule has 4 aliphatic carbocycles. The van der Waals surface area contributed by atoms with Gasteiger partial charge in [0.1, 0.15) is 6.04 Å². The lowest BCUT2D eigenvalue weighted by Gasteiger charge is -2.57. The average Bonchev–Trinajstić information content (AvgIpc) is 3.07. The highest BCUT2D eigenvalue weighted by Crippen LogP contribution is 2.65. The molecule has 3 saturated carbocycles. The van der Waals surface area contributed by atoms with Crippen LogP contribution in [0, 0.1) is 28.6 Å². The number of fused-ring (bicyclic) bond motifs is 5. The molecular formula is C25H37N3O6. The zero-order valence-corrected chi connectivity index (χ0v) is 20.1. The largest absolute Gasteiger partial charge is 0.480 e. The Kier molecular flexibility index (Phi) is 6.77. The predicted octanol–water partition coefficient (Wildman–Crippen LogP) is 2.13. The molecule has 0 unspecified atom stereocenters. The Morgan fingerprint density at radius 1 is 1.18 bits per heavy atom. The number of hydrogen-bond donors (Lipinski definition) is 4. The summed E-state index contributed by atoms with van der Waals surface area (Å²) >= 11 is 0. The van der Waals surface area contributed by atoms with Crippen molar-refractivity contribution in [2.45, 2.75) is 83.8 Å². The second kappa shape index (κ2) is 9.32. The lowest BCUT2D eigenvalue weighted by Crippen LogP contribution is -2.51. The van der Waals surface area contributed by atoms with Crippen LogP contribution in [0.15, 0.2) is 16.8 Å². The molecule has 5 N–H and O–H groups in total. The summed E-state index contributed by atoms with van der Waals surface area (Å²) in [5.41, 5.74) is 7.43. The van der Waals surface area contributed by atoms with Gasteiger partial charge in [0.15, 0.2) is 6.61 Å². The number of nitrogens with zero attached hydrogens (tertiary/aromatic N) is 1. The van der Waals surface area contributed by atoms with Gasteiger partial charge in [0.2, 0.25) is 5.91 Å². The van der Waals surface area contributed by atoms with Crippen LogP contribution in [-0.4, -0.2) is 52.5 Å². The number of carboxylic acid groups (broad SMARTS) is 1. The first-order valence-electron chi connectivity index (χ1n) is 12.4. The van der Waals surface area contributed by atoms with Gasteiger partial charge >= 0.3 is 5.97 Å². The molecule has 2 amide bonds. The molecular weight excluding hydrogens is 438 g/mol. The van der Waals surface area contributed by atoms with Crippen LogP contribution in [0.2, 0.25) is 0 Å². The van der Waals surface area contributed by atoms with E-state index in [1.165, 1.54) is 5.57 Å². The number of carboxylic acids is 1. The molecule has 0 aromatic rings. The molecule has 0 aromatic carbocycles. The molecule has 34 heavy (non-hydrogen) atoms. The van der Waals surface area contributed by atoms with E-state index in [2.05, 4.69) is 30.4 Å². The molecule has 3 fully saturated rings. The fourth-order valence-electron chi connectivity index (χ4n) is 7.43. The van der Waals surface area contributed by atoms with Crippen molar-refractivity contribution in [2.24, 2.45) is 39.5 Å². The summed E-state index contributed by atoms with van der Waals surface area (Å²) in [6.45, 7) is 4.25. The number of amides is 2. The fourth-order valence-corrected chi connectivity index (χ4v) is 7.43. The maximum atomic E-state index is 12.0. The quantitative estimate of drug-likeness (QED) is 0.414. The minimum Gasteiger partial charge on any atom is -0.480 e. The van der Waals surface area contributed by atoms with E-state index >= 15 is 0 Å². The van der Waals surface area contributed by atoms with Gasteiger partial charge < -0.3 is 26.1 Å². The zero-order chi connectivity index (χ0) is 24.7. The Balaban J connectivity index is 1.37. The monoisotopic (exact) mass is 475 g/mol. The van der Waals surface area contributed by atoms with Gasteiger partial charge in [0.25, 0.3) is 5.91 Å². The molecule has 4 aliphatic rings. The van der Waals surface area contributed by atoms with E-state index in [1.54, 1.807) is 0 Å². The van der Waals surface area contributed by atoms with Gasteiger partial charge in [-0.05, 0) is 86.0 Å². The van der Waals surface area contributed by atoms with E-state index in [9.17, 15) is 19.5 Å². The van der Waals surface area contributed by atoms with Crippen molar-refractivity contribution in [1.82, 2.24) is 5.32 Å². The Morgan fingerprint density at radius 2 is 1.94 bits per heavy atom. The van der Waals surface area contributed by atoms with E-state index in [0.29, 0.717) is 17.8 Å². The summed E-state index contributed by atoms with van der Waals surface area (Å²) in [7, 11) is 0. The topological polar surface area (TPSA) is 151 Å². The summed E-state index contributed by atoms with van der Waals surface area (Å²) in [5, 5.41) is 26.1. The average molecular weight is 476 g/mol. The van der Waals surface area contributed by atoms with Crippen LogP contribution in [-0.2, 0) is 19.2 Å². The summed E-state index contributed by atoms with van der Waals surface area (Å²) in [5.74, 6) is -0.911. The lowest BCUT2D eigenvalue weighted by atomic mass is 9.47. The Bertz CT molecular complexity index is 916. The Hall–Kier alpha value is -2.42. The van der Waals surface area contributed by atoms with E-state index in [1.807, 2.05) is 0 Å². The summed E-state index contributed by atoms with van der Waals surface area (Å²) in [6.07, 6.45) is 9.71. The molecule has 0 bridgehead atoms. The van der Waals surface area contributed by atoms with Crippen molar-refractivity contribution in [3.63, 3.8) is 0 Å². The molecule has 9 heteroatoms. The number of allylic oxidation sites excluding steroid dienone is 2. The number of primary amides is 1. The highest BCUT2D eigenvalue weighted by molar-refractivity contribution is 5.96. The molecule has 0 spiro atoms. The van der Waals surface area contributed by atoms with Crippen LogP contribution in [0.3, 0.4) is 0 Å². The molecule has 7 atom stereocenters. The van der Waals surface area contributed by atoms with Crippen molar-refractivity contribution < 1.29 is 29.4 Å². The number of carbonyl (C=O) groups excluding carboxylic acids is 2. The van der Waals surface area contributed by atoms with Crippen molar-refractivity contribution in [2.75, 3.05) is 6.61 Å². The van der Waals surface area contributed by atoms with E-state index in [0.717, 1.165) is 57.1 Å². The summed E-state index contributed by atoms with van der Waals surface area (Å²) < 4.78 is 0. The summed E-state index contributed by atoms with van der Waals surface area (Å²) in [6, 6.07) is -1.38. The summed E-state index contributed by atoms with van der Waals surface area (Å²) in [4.78, 5) is 39.3. The minimum absolute atomic E-state index is 0.0749. The smallest absolute Gasteiger partial charge is 0.326 e. The number of aliphatic hydroxyl groups is 1. The predicted molar refractivity (Wildman–Crippen MR) is 124 cm³/mol. The first kappa shape index (κ1) is 24.7. The number of rotatable bonds is 7. The van der Waals surface area contributed by atoms with Gasteiger partial charge in [-0.15, -0.1) is 0 Å². The fraction of sp³-hybridized carbons (Fsp3) is 0.760. The number of oxime groups is 1. The number of hydrogen-bond acceptors (Lipinski definition) is 6. The van der Waals surface area contributed by atoms with Gasteiger partial charge in [-0.2, -0.15) is 0 Å². The second-order valence-electron chi connectivity index (χ2n) is 11.1. The maximum absolute atomic E-state index is 12.0. The third kappa shape index (κ3) is 4.46. The third-order valence-electron chi connectivity index (χ3n) is 9.34. The van der Waals surface area contributed by atoms with Crippen molar-refractivity contribution in [1.29, 1.82) is 0 Å². The molecule has 4 rings (SSSR count). The second-order valence-corrected chi connectivity index (χ2v) is 11.1. The highest BCUT2D eigenvalue weighted by Gasteiger charge is 2.58. The van der Waals surface area contributed by atoms with Crippen molar-refractivity contribution >= 4 is 23.5 Å². The standard InChI is InChI=1S/C25H37N3O6/c1-24-9-7-15(28-34-13-22(31)27-19(23(32)33)12-21(26)30)11-14(24)3-4-16-17-5-6-20(29)25(17,2)10-8-18(16)24/h11,16-20,29H,3-10,12-13H2,1-2H3,(H2,26,30)(H,27,31)(H,32,33)/b28-15+/t16-,17-,18-,19-,20+,24-,25-/m0/s1. The SMILES string of the molecule is C[C@]12CC[C@H]3[C@@H](CCC4=C/C(=N/OCC(=O)N[C@@H](CC(N)=O)C(=O)O)CC[C@@]43C)[C@@H]1CC[C@H]2O. The number of aliphatic hydroxyl groups excluding tert-OH is 1. The van der Waals surface area contributed by atoms with Crippen molar-refractivity contribution in [3.05, 3.63) is 11.6 Å². The molecule has 188 valence electrons. The minimum atomic E-state index is -1.38. The van der Waals surface area contributed by atoms with Gasteiger partial charge in [0.05, 0.1) is 18.2 Å². The molecule has 0 heterocycles. The van der Waals surface area contributed by atoms with Crippen LogP contribution >= 0.6 is 0 Å². The third-order valence-corrected chi connectivity index (χ3v) is 9.34. The van der Waals surface area contributed by atoms with E-state index in [4.69, 9.17) is 15.7 Å². The molecule has 0 saturated heterocycles. The van der Waals surface area contributed by atoms with Crippen LogP contribution in [0.1, 0.15) is 71.6 Å². The highest BCUT2D eigenvalue weighted by atomic mass is 16.6. The number of nitrogens with one attached hydrogen (secondary N) is 1. The van der Waals surface area contributed by atoms with Gasteiger partial charge in [-0.25, -0.2) is 4.79 Å². The van der Waals surface area contributed by atoms with Crippen molar-refractivity contribution in [3.8, 4) is 0 Å². The van der Waals surface area contributed by atoms with Crippen LogP contribution < -0.4 is 11.1 Å². The van der Waals surface area contributed by atoms with E-state index < -0.39 is 36.9 Å². The van der Waals surface area contributed by atoms with Gasteiger partial charge in [0, 0.05) is 0 Å². The maximum Gasteiger partial charge on any atom is 0.326 e. The number of carbonyl (C=O) groups is 3. The number of nitrogens with two attached hydrogens (primary N) is 1. The van der Waals surface area contributed by atoms with Crippen LogP contribution in [0.25, 0.3) is 0 Å². The number of aliphatic carboxylic acids is 1. The Morgan fingerprint density at radius 3 is 2.65 bits per heavy atom. The molecule has 9 nitrogen and oxygen atoms in total. The van der Waals surface area contributed by atoms with Crippen LogP contribution in [0.5, 0.6) is 0 Å². The van der Waals surface area contributed by atoms with Crippen LogP contribution in [0.4, 0.5) is 0 Å². The normalized spacial score (nSPS) is 38.7. The molecule has 0 aliphatic heterocycles. The van der Waals surface area contributed by atoms with Gasteiger partial charge in [-0.3, -0.25) is 9.59 Å². The van der Waals surface area contributed by atoms with E-state index in [-0.39, 0.29) is 16.9 Å². The Labute approximate surface area is 200 Å². The lowest BCUT2D eigenvalue weighted by molar-refractivity contribution is -0.144. The first-order valence-corrected chi connectivity index (χ1v) is 12.4. The van der Waals surface area contributed by atoms with Gasteiger partial charge in [-0.1, -0.05) is 24.6 Å². The zero-order valence-electron chi connectivity index (χ0n) is 20.1. The molecule has 0 radical (unpaired) electrons. The molecule has 0 aromatic heterocycles. The first-order chi connectivity index (χ1) is 16.0.